The lowest BCUT2D eigenvalue weighted by molar-refractivity contribution is -0.139. The number of hydrogen-bond acceptors (Lipinski definition) is 4. The van der Waals surface area contributed by atoms with Crippen LogP contribution in [0, 0.1) is 5.41 Å². The smallest absolute Gasteiger partial charge is 0.247 e. The molecule has 2 aliphatic carbocycles. The number of imide groups is 1. The van der Waals surface area contributed by atoms with Crippen molar-refractivity contribution in [2.75, 3.05) is 20.3 Å². The van der Waals surface area contributed by atoms with Crippen molar-refractivity contribution >= 4 is 11.8 Å². The van der Waals surface area contributed by atoms with Crippen LogP contribution in [0.25, 0.3) is 0 Å². The Kier molecular flexibility index (Phi) is 3.35. The van der Waals surface area contributed by atoms with Gasteiger partial charge in [0.2, 0.25) is 11.8 Å². The number of ether oxygens (including phenoxy) is 1. The van der Waals surface area contributed by atoms with Gasteiger partial charge >= 0.3 is 0 Å². The fourth-order valence-electron chi connectivity index (χ4n) is 2.88. The van der Waals surface area contributed by atoms with Crippen LogP contribution in [0.2, 0.25) is 0 Å². The summed E-state index contributed by atoms with van der Waals surface area (Å²) in [6.07, 6.45) is 5.76. The highest BCUT2D eigenvalue weighted by atomic mass is 16.5. The van der Waals surface area contributed by atoms with E-state index < -0.39 is 0 Å². The molecule has 1 heterocycles. The lowest BCUT2D eigenvalue weighted by atomic mass is 10.0. The Morgan fingerprint density at radius 3 is 2.68 bits per heavy atom. The largest absolute Gasteiger partial charge is 0.385 e. The van der Waals surface area contributed by atoms with Crippen molar-refractivity contribution in [1.82, 2.24) is 10.2 Å². The van der Waals surface area contributed by atoms with E-state index in [2.05, 4.69) is 5.32 Å². The Bertz CT molecular complexity index is 388. The first-order valence-corrected chi connectivity index (χ1v) is 7.23. The summed E-state index contributed by atoms with van der Waals surface area (Å²) in [5, 5.41) is 3.32. The number of hydrogen-bond donors (Lipinski definition) is 1. The van der Waals surface area contributed by atoms with Crippen LogP contribution in [0.15, 0.2) is 0 Å². The van der Waals surface area contributed by atoms with E-state index in [0.29, 0.717) is 11.8 Å². The first-order chi connectivity index (χ1) is 9.15. The molecule has 1 unspecified atom stereocenters. The van der Waals surface area contributed by atoms with Crippen LogP contribution in [0.4, 0.5) is 0 Å². The second-order valence-corrected chi connectivity index (χ2v) is 6.21. The highest BCUT2D eigenvalue weighted by molar-refractivity contribution is 6.06. The summed E-state index contributed by atoms with van der Waals surface area (Å²) in [6, 6.07) is -0.0803. The van der Waals surface area contributed by atoms with Gasteiger partial charge in [0, 0.05) is 26.3 Å². The molecule has 106 valence electrons. The normalized spacial score (nSPS) is 29.1. The van der Waals surface area contributed by atoms with Crippen molar-refractivity contribution in [1.29, 1.82) is 0 Å². The zero-order valence-electron chi connectivity index (χ0n) is 11.5. The summed E-state index contributed by atoms with van der Waals surface area (Å²) in [5.74, 6) is 0.00165. The maximum absolute atomic E-state index is 12.2. The second kappa shape index (κ2) is 4.87. The summed E-state index contributed by atoms with van der Waals surface area (Å²) < 4.78 is 5.13. The van der Waals surface area contributed by atoms with Gasteiger partial charge in [0.05, 0.1) is 12.5 Å². The summed E-state index contributed by atoms with van der Waals surface area (Å²) in [4.78, 5) is 25.5. The van der Waals surface area contributed by atoms with Crippen LogP contribution in [-0.2, 0) is 14.3 Å². The minimum atomic E-state index is -0.284. The van der Waals surface area contributed by atoms with Crippen molar-refractivity contribution in [2.24, 2.45) is 5.41 Å². The fraction of sp³-hybridized carbons (Fsp3) is 0.857. The molecule has 2 amide bonds. The van der Waals surface area contributed by atoms with Gasteiger partial charge < -0.3 is 10.1 Å². The van der Waals surface area contributed by atoms with Crippen LogP contribution < -0.4 is 5.32 Å². The summed E-state index contributed by atoms with van der Waals surface area (Å²) >= 11 is 0. The van der Waals surface area contributed by atoms with Crippen LogP contribution in [0.3, 0.4) is 0 Å². The summed E-state index contributed by atoms with van der Waals surface area (Å²) in [5.41, 5.74) is 0.312. The molecule has 3 aliphatic rings. The molecule has 0 bridgehead atoms. The Hall–Kier alpha value is -0.940. The molecule has 1 N–H and O–H groups in total. The van der Waals surface area contributed by atoms with Gasteiger partial charge in [-0.2, -0.15) is 0 Å². The molecule has 3 rings (SSSR count). The molecular weight excluding hydrogens is 244 g/mol. The van der Waals surface area contributed by atoms with E-state index in [-0.39, 0.29) is 23.9 Å². The van der Waals surface area contributed by atoms with E-state index in [0.717, 1.165) is 32.4 Å². The lowest BCUT2D eigenvalue weighted by Crippen LogP contribution is -2.42. The monoisotopic (exact) mass is 266 g/mol. The molecule has 1 aliphatic heterocycles. The molecule has 0 aromatic heterocycles. The van der Waals surface area contributed by atoms with Gasteiger partial charge in [-0.1, -0.05) is 0 Å². The molecule has 2 saturated carbocycles. The molecule has 5 heteroatoms. The highest BCUT2D eigenvalue weighted by Gasteiger charge is 2.48. The van der Waals surface area contributed by atoms with Crippen molar-refractivity contribution in [3.05, 3.63) is 0 Å². The predicted octanol–water partition coefficient (Wildman–Crippen LogP) is 0.683. The molecule has 1 atom stereocenters. The van der Waals surface area contributed by atoms with E-state index in [1.54, 1.807) is 7.11 Å². The van der Waals surface area contributed by atoms with Crippen molar-refractivity contribution in [3.8, 4) is 0 Å². The first kappa shape index (κ1) is 13.1. The fourth-order valence-corrected chi connectivity index (χ4v) is 2.88. The Balaban J connectivity index is 1.51. The molecule has 0 aromatic rings. The van der Waals surface area contributed by atoms with E-state index in [1.807, 2.05) is 0 Å². The second-order valence-electron chi connectivity index (χ2n) is 6.21. The van der Waals surface area contributed by atoms with Gasteiger partial charge in [0.15, 0.2) is 0 Å². The van der Waals surface area contributed by atoms with Gasteiger partial charge in [-0.15, -0.1) is 0 Å². The van der Waals surface area contributed by atoms with E-state index in [9.17, 15) is 9.59 Å². The SMILES string of the molecule is COCCC1(CNC2CC(=O)N(C3CC3)C2=O)CC1. The minimum absolute atomic E-state index is 0.00459. The highest BCUT2D eigenvalue weighted by Crippen LogP contribution is 2.48. The number of likely N-dealkylation sites (tertiary alicyclic amines) is 1. The Labute approximate surface area is 113 Å². The number of nitrogens with zero attached hydrogens (tertiary/aromatic N) is 1. The van der Waals surface area contributed by atoms with E-state index in [1.165, 1.54) is 17.7 Å². The van der Waals surface area contributed by atoms with Crippen molar-refractivity contribution in [2.45, 2.75) is 50.6 Å². The molecule has 1 saturated heterocycles. The van der Waals surface area contributed by atoms with Crippen molar-refractivity contribution < 1.29 is 14.3 Å². The number of nitrogens with one attached hydrogen (secondary N) is 1. The third kappa shape index (κ3) is 2.67. The maximum atomic E-state index is 12.2. The predicted molar refractivity (Wildman–Crippen MR) is 69.4 cm³/mol. The third-order valence-corrected chi connectivity index (χ3v) is 4.61. The third-order valence-electron chi connectivity index (χ3n) is 4.61. The maximum Gasteiger partial charge on any atom is 0.247 e. The first-order valence-electron chi connectivity index (χ1n) is 7.23. The van der Waals surface area contributed by atoms with Gasteiger partial charge in [-0.25, -0.2) is 0 Å². The molecule has 3 fully saturated rings. The quantitative estimate of drug-likeness (QED) is 0.689. The number of carbonyl (C=O) groups is 2. The molecule has 0 spiro atoms. The van der Waals surface area contributed by atoms with Gasteiger partial charge in [-0.3, -0.25) is 14.5 Å². The van der Waals surface area contributed by atoms with Gasteiger partial charge in [0.1, 0.15) is 0 Å². The molecule has 19 heavy (non-hydrogen) atoms. The average molecular weight is 266 g/mol. The summed E-state index contributed by atoms with van der Waals surface area (Å²) in [6.45, 7) is 1.60. The zero-order valence-corrected chi connectivity index (χ0v) is 11.5. The van der Waals surface area contributed by atoms with Crippen LogP contribution in [0.1, 0.15) is 38.5 Å². The molecule has 0 radical (unpaired) electrons. The zero-order chi connectivity index (χ0) is 13.5. The topological polar surface area (TPSA) is 58.6 Å². The van der Waals surface area contributed by atoms with E-state index in [4.69, 9.17) is 4.74 Å². The lowest BCUT2D eigenvalue weighted by Gasteiger charge is -2.19. The molecule has 5 nitrogen and oxygen atoms in total. The average Bonchev–Trinajstić information content (AvgIpc) is 3.29. The Morgan fingerprint density at radius 2 is 2.11 bits per heavy atom. The standard InChI is InChI=1S/C14H22N2O3/c1-19-7-6-14(4-5-14)9-15-11-8-12(17)16(13(11)18)10-2-3-10/h10-11,15H,2-9H2,1H3. The van der Waals surface area contributed by atoms with Gasteiger partial charge in [0.25, 0.3) is 0 Å². The number of amides is 2. The Morgan fingerprint density at radius 1 is 1.37 bits per heavy atom. The summed E-state index contributed by atoms with van der Waals surface area (Å²) in [7, 11) is 1.72. The molecular formula is C14H22N2O3. The van der Waals surface area contributed by atoms with Crippen LogP contribution in [0.5, 0.6) is 0 Å². The molecule has 0 aromatic carbocycles. The number of methoxy groups -OCH3 is 1. The van der Waals surface area contributed by atoms with Gasteiger partial charge in [-0.05, 0) is 37.5 Å². The number of rotatable bonds is 7. The van der Waals surface area contributed by atoms with Crippen molar-refractivity contribution in [3.63, 3.8) is 0 Å². The van der Waals surface area contributed by atoms with Crippen LogP contribution in [-0.4, -0.2) is 49.1 Å². The minimum Gasteiger partial charge on any atom is -0.385 e. The number of carbonyl (C=O) groups excluding carboxylic acids is 2. The van der Waals surface area contributed by atoms with Crippen LogP contribution >= 0.6 is 0 Å². The van der Waals surface area contributed by atoms with E-state index >= 15 is 0 Å².